The van der Waals surface area contributed by atoms with Crippen molar-refractivity contribution in [2.24, 2.45) is 0 Å². The first-order chi connectivity index (χ1) is 12.4. The molecule has 0 aromatic heterocycles. The highest BCUT2D eigenvalue weighted by atomic mass is 16.5. The second-order valence-corrected chi connectivity index (χ2v) is 7.16. The number of rotatable bonds is 2. The minimum atomic E-state index is -0.339. The molecule has 26 heavy (non-hydrogen) atoms. The van der Waals surface area contributed by atoms with E-state index in [4.69, 9.17) is 9.47 Å². The summed E-state index contributed by atoms with van der Waals surface area (Å²) in [4.78, 5) is 12.1. The molecule has 0 saturated carbocycles. The normalized spacial score (nSPS) is 14.5. The number of hydrogen-bond acceptors (Lipinski definition) is 3. The fraction of sp³-hybridized carbons (Fsp3) is 0.348. The Labute approximate surface area is 155 Å². The summed E-state index contributed by atoms with van der Waals surface area (Å²) in [6, 6.07) is 11.5. The van der Waals surface area contributed by atoms with Gasteiger partial charge >= 0.3 is 5.97 Å². The van der Waals surface area contributed by atoms with E-state index in [2.05, 4.69) is 37.8 Å². The van der Waals surface area contributed by atoms with E-state index >= 15 is 0 Å². The summed E-state index contributed by atoms with van der Waals surface area (Å²) in [6.07, 6.45) is 0.988. The molecule has 0 N–H and O–H groups in total. The molecule has 3 nitrogen and oxygen atoms in total. The molecule has 0 amide bonds. The van der Waals surface area contributed by atoms with Crippen molar-refractivity contribution < 1.29 is 14.3 Å². The van der Waals surface area contributed by atoms with Gasteiger partial charge in [0.15, 0.2) is 0 Å². The number of aryl methyl sites for hydroxylation is 1. The molecule has 0 atom stereocenters. The molecular formula is C23H24O3. The standard InChI is InChI=1S/C23H24O3/c1-5-25-22(24)19-9-7-6-8-17(19)10-11-18-15-20-21(14-16(18)2)26-13-12-23(20,3)4/h6-9,14-15H,5,12-13H2,1-4H3. The van der Waals surface area contributed by atoms with Crippen molar-refractivity contribution in [1.82, 2.24) is 0 Å². The number of carbonyl (C=O) groups excluding carboxylic acids is 1. The van der Waals surface area contributed by atoms with Crippen LogP contribution in [0.15, 0.2) is 36.4 Å². The minimum absolute atomic E-state index is 0.0700. The van der Waals surface area contributed by atoms with E-state index in [1.54, 1.807) is 13.0 Å². The summed E-state index contributed by atoms with van der Waals surface area (Å²) in [5, 5.41) is 0. The van der Waals surface area contributed by atoms with Gasteiger partial charge in [-0.2, -0.15) is 0 Å². The van der Waals surface area contributed by atoms with Gasteiger partial charge in [0, 0.05) is 16.7 Å². The Morgan fingerprint density at radius 3 is 2.69 bits per heavy atom. The van der Waals surface area contributed by atoms with Gasteiger partial charge in [-0.1, -0.05) is 37.8 Å². The molecule has 134 valence electrons. The summed E-state index contributed by atoms with van der Waals surface area (Å²) in [5.74, 6) is 7.01. The van der Waals surface area contributed by atoms with Crippen LogP contribution in [-0.2, 0) is 10.2 Å². The first-order valence-corrected chi connectivity index (χ1v) is 8.98. The number of fused-ring (bicyclic) bond motifs is 1. The van der Waals surface area contributed by atoms with Crippen LogP contribution < -0.4 is 4.74 Å². The van der Waals surface area contributed by atoms with Crippen LogP contribution in [0.1, 0.15) is 59.8 Å². The molecule has 0 radical (unpaired) electrons. The Kier molecular flexibility index (Phi) is 5.04. The van der Waals surface area contributed by atoms with Gasteiger partial charge in [0.05, 0.1) is 18.8 Å². The van der Waals surface area contributed by atoms with Crippen molar-refractivity contribution in [3.63, 3.8) is 0 Å². The summed E-state index contributed by atoms with van der Waals surface area (Å²) in [6.45, 7) is 9.39. The largest absolute Gasteiger partial charge is 0.493 e. The molecule has 0 saturated heterocycles. The first kappa shape index (κ1) is 18.1. The summed E-state index contributed by atoms with van der Waals surface area (Å²) < 4.78 is 10.9. The van der Waals surface area contributed by atoms with Crippen LogP contribution in [0.4, 0.5) is 0 Å². The van der Waals surface area contributed by atoms with Gasteiger partial charge in [-0.05, 0) is 55.5 Å². The molecule has 2 aromatic rings. The van der Waals surface area contributed by atoms with Gasteiger partial charge in [0.25, 0.3) is 0 Å². The van der Waals surface area contributed by atoms with E-state index in [1.165, 1.54) is 5.56 Å². The minimum Gasteiger partial charge on any atom is -0.493 e. The molecule has 1 aliphatic heterocycles. The third-order valence-electron chi connectivity index (χ3n) is 4.79. The van der Waals surface area contributed by atoms with Crippen LogP contribution in [0.5, 0.6) is 5.75 Å². The number of benzene rings is 2. The Balaban J connectivity index is 2.01. The third kappa shape index (κ3) is 3.60. The molecule has 3 rings (SSSR count). The van der Waals surface area contributed by atoms with Gasteiger partial charge < -0.3 is 9.47 Å². The molecule has 3 heteroatoms. The summed E-state index contributed by atoms with van der Waals surface area (Å²) >= 11 is 0. The predicted molar refractivity (Wildman–Crippen MR) is 103 cm³/mol. The van der Waals surface area contributed by atoms with Crippen molar-refractivity contribution in [3.8, 4) is 17.6 Å². The molecule has 0 aliphatic carbocycles. The van der Waals surface area contributed by atoms with Crippen molar-refractivity contribution in [2.45, 2.75) is 39.5 Å². The lowest BCUT2D eigenvalue weighted by Gasteiger charge is -2.33. The zero-order chi connectivity index (χ0) is 18.7. The van der Waals surface area contributed by atoms with E-state index in [-0.39, 0.29) is 11.4 Å². The molecule has 0 spiro atoms. The molecule has 0 fully saturated rings. The lowest BCUT2D eigenvalue weighted by atomic mass is 9.78. The Morgan fingerprint density at radius 1 is 1.19 bits per heavy atom. The Hall–Kier alpha value is -2.73. The highest BCUT2D eigenvalue weighted by Gasteiger charge is 2.29. The number of carbonyl (C=O) groups is 1. The van der Waals surface area contributed by atoms with Gasteiger partial charge in [0.2, 0.25) is 0 Å². The van der Waals surface area contributed by atoms with Gasteiger partial charge in [-0.25, -0.2) is 4.79 Å². The first-order valence-electron chi connectivity index (χ1n) is 8.98. The van der Waals surface area contributed by atoms with Crippen molar-refractivity contribution in [1.29, 1.82) is 0 Å². The maximum Gasteiger partial charge on any atom is 0.339 e. The van der Waals surface area contributed by atoms with Gasteiger partial charge in [-0.15, -0.1) is 0 Å². The van der Waals surface area contributed by atoms with Crippen molar-refractivity contribution >= 4 is 5.97 Å². The highest BCUT2D eigenvalue weighted by molar-refractivity contribution is 5.92. The van der Waals surface area contributed by atoms with Crippen LogP contribution in [-0.4, -0.2) is 19.2 Å². The SMILES string of the molecule is CCOC(=O)c1ccccc1C#Cc1cc2c(cc1C)OCCC2(C)C. The molecule has 0 unspecified atom stereocenters. The number of esters is 1. The van der Waals surface area contributed by atoms with Gasteiger partial charge in [0.1, 0.15) is 5.75 Å². The fourth-order valence-electron chi connectivity index (χ4n) is 3.13. The molecule has 0 bridgehead atoms. The topological polar surface area (TPSA) is 35.5 Å². The fourth-order valence-corrected chi connectivity index (χ4v) is 3.13. The summed E-state index contributed by atoms with van der Waals surface area (Å²) in [5.41, 5.74) is 4.47. The zero-order valence-corrected chi connectivity index (χ0v) is 15.8. The van der Waals surface area contributed by atoms with E-state index in [0.717, 1.165) is 29.9 Å². The third-order valence-corrected chi connectivity index (χ3v) is 4.79. The second-order valence-electron chi connectivity index (χ2n) is 7.16. The van der Waals surface area contributed by atoms with E-state index in [0.29, 0.717) is 17.7 Å². The van der Waals surface area contributed by atoms with Crippen LogP contribution in [0.2, 0.25) is 0 Å². The van der Waals surface area contributed by atoms with Crippen LogP contribution in [0.3, 0.4) is 0 Å². The lowest BCUT2D eigenvalue weighted by molar-refractivity contribution is 0.0526. The Bertz CT molecular complexity index is 897. The maximum absolute atomic E-state index is 12.1. The predicted octanol–water partition coefficient (Wildman–Crippen LogP) is 4.63. The quantitative estimate of drug-likeness (QED) is 0.586. The zero-order valence-electron chi connectivity index (χ0n) is 15.8. The van der Waals surface area contributed by atoms with E-state index in [9.17, 15) is 4.79 Å². The average Bonchev–Trinajstić information content (AvgIpc) is 2.60. The molecule has 1 heterocycles. The lowest BCUT2D eigenvalue weighted by Crippen LogP contribution is -2.26. The van der Waals surface area contributed by atoms with E-state index in [1.807, 2.05) is 25.1 Å². The van der Waals surface area contributed by atoms with Crippen molar-refractivity contribution in [3.05, 3.63) is 64.2 Å². The van der Waals surface area contributed by atoms with Gasteiger partial charge in [-0.3, -0.25) is 0 Å². The average molecular weight is 348 g/mol. The molecule has 2 aromatic carbocycles. The maximum atomic E-state index is 12.1. The van der Waals surface area contributed by atoms with Crippen LogP contribution in [0, 0.1) is 18.8 Å². The smallest absolute Gasteiger partial charge is 0.339 e. The highest BCUT2D eigenvalue weighted by Crippen LogP contribution is 2.39. The monoisotopic (exact) mass is 348 g/mol. The van der Waals surface area contributed by atoms with Crippen LogP contribution >= 0.6 is 0 Å². The van der Waals surface area contributed by atoms with Crippen LogP contribution in [0.25, 0.3) is 0 Å². The Morgan fingerprint density at radius 2 is 1.92 bits per heavy atom. The second kappa shape index (κ2) is 7.25. The molecular weight excluding hydrogens is 324 g/mol. The summed E-state index contributed by atoms with van der Waals surface area (Å²) in [7, 11) is 0. The van der Waals surface area contributed by atoms with E-state index < -0.39 is 0 Å². The number of hydrogen-bond donors (Lipinski definition) is 0. The number of ether oxygens (including phenoxy) is 2. The molecule has 1 aliphatic rings. The van der Waals surface area contributed by atoms with Crippen molar-refractivity contribution in [2.75, 3.05) is 13.2 Å².